The zero-order chi connectivity index (χ0) is 16.8. The molecule has 0 spiro atoms. The zero-order valence-electron chi connectivity index (χ0n) is 13.0. The normalized spacial score (nSPS) is 13.2. The molecule has 4 nitrogen and oxygen atoms in total. The van der Waals surface area contributed by atoms with Gasteiger partial charge in [-0.05, 0) is 30.0 Å². The minimum atomic E-state index is -0.314. The smallest absolute Gasteiger partial charge is 0.222 e. The van der Waals surface area contributed by atoms with Crippen molar-refractivity contribution in [3.05, 3.63) is 57.2 Å². The van der Waals surface area contributed by atoms with Gasteiger partial charge in [-0.3, -0.25) is 9.59 Å². The lowest BCUT2D eigenvalue weighted by molar-refractivity contribution is -0.123. The first-order valence-corrected chi connectivity index (χ1v) is 8.57. The van der Waals surface area contributed by atoms with Gasteiger partial charge in [-0.15, -0.1) is 11.3 Å². The van der Waals surface area contributed by atoms with Crippen LogP contribution in [0.1, 0.15) is 42.8 Å². The topological polar surface area (TPSA) is 58.2 Å². The second-order valence-corrected chi connectivity index (χ2v) is 6.67. The van der Waals surface area contributed by atoms with Crippen LogP contribution in [0, 0.1) is 0 Å². The molecule has 122 valence electrons. The number of halogens is 1. The number of amides is 2. The Balaban J connectivity index is 2.02. The molecule has 1 aromatic heterocycles. The van der Waals surface area contributed by atoms with Gasteiger partial charge in [0.25, 0.3) is 0 Å². The summed E-state index contributed by atoms with van der Waals surface area (Å²) in [7, 11) is 0. The Labute approximate surface area is 144 Å². The summed E-state index contributed by atoms with van der Waals surface area (Å²) in [6, 6.07) is 10.7. The van der Waals surface area contributed by atoms with Crippen molar-refractivity contribution in [1.29, 1.82) is 0 Å². The summed E-state index contributed by atoms with van der Waals surface area (Å²) in [6.45, 7) is 3.34. The van der Waals surface area contributed by atoms with Crippen molar-refractivity contribution in [2.75, 3.05) is 0 Å². The van der Waals surface area contributed by atoms with Crippen LogP contribution in [-0.4, -0.2) is 11.8 Å². The Morgan fingerprint density at radius 3 is 2.52 bits per heavy atom. The highest BCUT2D eigenvalue weighted by atomic mass is 35.5. The lowest BCUT2D eigenvalue weighted by atomic mass is 10.1. The average molecular weight is 351 g/mol. The summed E-state index contributed by atoms with van der Waals surface area (Å²) in [4.78, 5) is 24.6. The minimum absolute atomic E-state index is 0.135. The third-order valence-electron chi connectivity index (χ3n) is 3.40. The van der Waals surface area contributed by atoms with Gasteiger partial charge in [0.2, 0.25) is 11.8 Å². The van der Waals surface area contributed by atoms with Crippen LogP contribution >= 0.6 is 22.9 Å². The Kier molecular flexibility index (Phi) is 6.19. The van der Waals surface area contributed by atoms with Gasteiger partial charge in [-0.25, -0.2) is 0 Å². The quantitative estimate of drug-likeness (QED) is 0.831. The molecule has 0 bridgehead atoms. The lowest BCUT2D eigenvalue weighted by Crippen LogP contribution is -2.33. The average Bonchev–Trinajstić information content (AvgIpc) is 3.00. The number of thiophene rings is 1. The van der Waals surface area contributed by atoms with E-state index >= 15 is 0 Å². The van der Waals surface area contributed by atoms with Gasteiger partial charge >= 0.3 is 0 Å². The summed E-state index contributed by atoms with van der Waals surface area (Å²) >= 11 is 7.67. The molecule has 2 N–H and O–H groups in total. The van der Waals surface area contributed by atoms with Gasteiger partial charge in [0, 0.05) is 16.8 Å². The molecule has 1 aromatic carbocycles. The number of hydrogen-bond acceptors (Lipinski definition) is 3. The van der Waals surface area contributed by atoms with Crippen molar-refractivity contribution < 1.29 is 9.59 Å². The van der Waals surface area contributed by atoms with E-state index in [2.05, 4.69) is 10.6 Å². The van der Waals surface area contributed by atoms with Crippen molar-refractivity contribution in [2.45, 2.75) is 32.4 Å². The number of carbonyl (C=O) groups is 2. The molecule has 2 aromatic rings. The molecule has 0 saturated heterocycles. The molecule has 0 aliphatic carbocycles. The number of rotatable bonds is 6. The fourth-order valence-corrected chi connectivity index (χ4v) is 3.42. The SMILES string of the molecule is CC(=O)N[C@@H](CC(=O)N[C@@H](C)c1ccccc1Cl)c1cccs1. The maximum absolute atomic E-state index is 12.3. The van der Waals surface area contributed by atoms with Crippen molar-refractivity contribution in [1.82, 2.24) is 10.6 Å². The van der Waals surface area contributed by atoms with Crippen molar-refractivity contribution in [3.8, 4) is 0 Å². The molecule has 2 amide bonds. The monoisotopic (exact) mass is 350 g/mol. The second-order valence-electron chi connectivity index (χ2n) is 5.28. The predicted molar refractivity (Wildman–Crippen MR) is 93.5 cm³/mol. The molecule has 0 fully saturated rings. The van der Waals surface area contributed by atoms with Gasteiger partial charge < -0.3 is 10.6 Å². The highest BCUT2D eigenvalue weighted by Gasteiger charge is 2.20. The summed E-state index contributed by atoms with van der Waals surface area (Å²) < 4.78 is 0. The van der Waals surface area contributed by atoms with E-state index in [1.54, 1.807) is 6.07 Å². The Morgan fingerprint density at radius 2 is 1.91 bits per heavy atom. The zero-order valence-corrected chi connectivity index (χ0v) is 14.6. The maximum atomic E-state index is 12.3. The van der Waals surface area contributed by atoms with Gasteiger partial charge in [0.05, 0.1) is 18.5 Å². The predicted octanol–water partition coefficient (Wildman–Crippen LogP) is 3.85. The standard InChI is InChI=1S/C17H19ClN2O2S/c1-11(13-6-3-4-7-14(13)18)19-17(22)10-15(20-12(2)21)16-8-5-9-23-16/h3-9,11,15H,10H2,1-2H3,(H,19,22)(H,20,21)/t11-,15-/m0/s1. The summed E-state index contributed by atoms with van der Waals surface area (Å²) in [6.07, 6.45) is 0.189. The Bertz CT molecular complexity index is 673. The van der Waals surface area contributed by atoms with Crippen LogP contribution in [0.15, 0.2) is 41.8 Å². The molecule has 0 saturated carbocycles. The van der Waals surface area contributed by atoms with Crippen LogP contribution in [-0.2, 0) is 9.59 Å². The van der Waals surface area contributed by atoms with Crippen LogP contribution in [0.3, 0.4) is 0 Å². The highest BCUT2D eigenvalue weighted by molar-refractivity contribution is 7.10. The maximum Gasteiger partial charge on any atom is 0.222 e. The minimum Gasteiger partial charge on any atom is -0.349 e. The van der Waals surface area contributed by atoms with Gasteiger partial charge in [-0.2, -0.15) is 0 Å². The molecule has 2 atom stereocenters. The first-order chi connectivity index (χ1) is 11.0. The van der Waals surface area contributed by atoms with E-state index in [-0.39, 0.29) is 30.3 Å². The number of hydrogen-bond donors (Lipinski definition) is 2. The Hall–Kier alpha value is -1.85. The van der Waals surface area contributed by atoms with Crippen LogP contribution in [0.5, 0.6) is 0 Å². The summed E-state index contributed by atoms with van der Waals surface area (Å²) in [5, 5.41) is 8.30. The highest BCUT2D eigenvalue weighted by Crippen LogP contribution is 2.24. The van der Waals surface area contributed by atoms with Crippen LogP contribution in [0.2, 0.25) is 5.02 Å². The largest absolute Gasteiger partial charge is 0.349 e. The number of carbonyl (C=O) groups excluding carboxylic acids is 2. The molecular weight excluding hydrogens is 332 g/mol. The van der Waals surface area contributed by atoms with Gasteiger partial charge in [0.1, 0.15) is 0 Å². The van der Waals surface area contributed by atoms with Crippen molar-refractivity contribution >= 4 is 34.8 Å². The van der Waals surface area contributed by atoms with E-state index in [0.29, 0.717) is 5.02 Å². The molecule has 0 aliphatic heterocycles. The number of nitrogens with one attached hydrogen (secondary N) is 2. The third-order valence-corrected chi connectivity index (χ3v) is 4.73. The summed E-state index contributed by atoms with van der Waals surface area (Å²) in [5.74, 6) is -0.292. The second kappa shape index (κ2) is 8.13. The number of benzene rings is 1. The molecule has 2 rings (SSSR count). The van der Waals surface area contributed by atoms with E-state index < -0.39 is 0 Å². The van der Waals surface area contributed by atoms with Crippen molar-refractivity contribution in [2.24, 2.45) is 0 Å². The summed E-state index contributed by atoms with van der Waals surface area (Å²) in [5.41, 5.74) is 0.870. The molecule has 0 unspecified atom stereocenters. The fourth-order valence-electron chi connectivity index (χ4n) is 2.35. The van der Waals surface area contributed by atoms with Crippen molar-refractivity contribution in [3.63, 3.8) is 0 Å². The van der Waals surface area contributed by atoms with E-state index in [9.17, 15) is 9.59 Å². The fraction of sp³-hybridized carbons (Fsp3) is 0.294. The van der Waals surface area contributed by atoms with Gasteiger partial charge in [-0.1, -0.05) is 35.9 Å². The van der Waals surface area contributed by atoms with Crippen LogP contribution in [0.4, 0.5) is 0 Å². The van der Waals surface area contributed by atoms with E-state index in [0.717, 1.165) is 10.4 Å². The molecule has 0 radical (unpaired) electrons. The molecule has 23 heavy (non-hydrogen) atoms. The first-order valence-electron chi connectivity index (χ1n) is 7.31. The third kappa shape index (κ3) is 5.08. The lowest BCUT2D eigenvalue weighted by Gasteiger charge is -2.19. The molecule has 1 heterocycles. The molecule has 6 heteroatoms. The van der Waals surface area contributed by atoms with E-state index in [1.807, 2.05) is 42.6 Å². The molecular formula is C17H19ClN2O2S. The van der Waals surface area contributed by atoms with Crippen LogP contribution < -0.4 is 10.6 Å². The van der Waals surface area contributed by atoms with Gasteiger partial charge in [0.15, 0.2) is 0 Å². The van der Waals surface area contributed by atoms with E-state index in [1.165, 1.54) is 18.3 Å². The van der Waals surface area contributed by atoms with Crippen LogP contribution in [0.25, 0.3) is 0 Å². The molecule has 0 aliphatic rings. The first kappa shape index (κ1) is 17.5. The Morgan fingerprint density at radius 1 is 1.17 bits per heavy atom. The van der Waals surface area contributed by atoms with E-state index in [4.69, 9.17) is 11.6 Å².